The Morgan fingerprint density at radius 3 is 2.38 bits per heavy atom. The molecule has 0 saturated carbocycles. The Bertz CT molecular complexity index is 1450. The third-order valence-electron chi connectivity index (χ3n) is 6.16. The zero-order valence-electron chi connectivity index (χ0n) is 22.6. The van der Waals surface area contributed by atoms with Crippen LogP contribution >= 0.6 is 0 Å². The summed E-state index contributed by atoms with van der Waals surface area (Å²) in [5, 5.41) is 5.11. The third kappa shape index (κ3) is 7.38. The van der Waals surface area contributed by atoms with E-state index in [0.29, 0.717) is 85.0 Å². The minimum Gasteiger partial charge on any atom is -0.497 e. The summed E-state index contributed by atoms with van der Waals surface area (Å²) in [6, 6.07) is 18.4. The number of nitrogen functional groups attached to an aromatic ring is 1. The first kappa shape index (κ1) is 28.6. The van der Waals surface area contributed by atoms with E-state index in [0.717, 1.165) is 10.8 Å². The molecule has 0 aliphatic rings. The van der Waals surface area contributed by atoms with Crippen LogP contribution in [0.1, 0.15) is 15.9 Å². The highest BCUT2D eigenvalue weighted by atomic mass is 16.5. The first-order valence-corrected chi connectivity index (χ1v) is 12.8. The summed E-state index contributed by atoms with van der Waals surface area (Å²) in [6.07, 6.45) is 2.06. The molecule has 3 aromatic carbocycles. The Morgan fingerprint density at radius 2 is 1.62 bits per heavy atom. The van der Waals surface area contributed by atoms with Gasteiger partial charge in [0.05, 0.1) is 40.1 Å². The van der Waals surface area contributed by atoms with Crippen LogP contribution in [0.4, 0.5) is 17.2 Å². The number of nitrogens with two attached hydrogens (primary N) is 2. The van der Waals surface area contributed by atoms with Crippen molar-refractivity contribution in [2.75, 3.05) is 58.3 Å². The molecule has 1 amide bonds. The second-order valence-electron chi connectivity index (χ2n) is 8.84. The minimum atomic E-state index is -0.569. The summed E-state index contributed by atoms with van der Waals surface area (Å²) in [4.78, 5) is 16.8. The predicted octanol–water partition coefficient (Wildman–Crippen LogP) is 4.68. The Balaban J connectivity index is 1.53. The van der Waals surface area contributed by atoms with Crippen molar-refractivity contribution in [1.82, 2.24) is 4.98 Å². The topological polar surface area (TPSA) is 140 Å². The van der Waals surface area contributed by atoms with Gasteiger partial charge in [-0.05, 0) is 36.2 Å². The summed E-state index contributed by atoms with van der Waals surface area (Å²) in [7, 11) is 3.15. The van der Waals surface area contributed by atoms with Gasteiger partial charge in [0, 0.05) is 53.2 Å². The van der Waals surface area contributed by atoms with E-state index < -0.39 is 5.91 Å². The van der Waals surface area contributed by atoms with Crippen molar-refractivity contribution in [3.63, 3.8) is 0 Å². The maximum absolute atomic E-state index is 12.3. The van der Waals surface area contributed by atoms with E-state index in [4.69, 9.17) is 35.2 Å². The van der Waals surface area contributed by atoms with Gasteiger partial charge in [-0.1, -0.05) is 24.3 Å². The SMILES string of the molecule is COCCOCCOCCc1c(Nc2cc(Oc3ccc(N)c4ccccc34)ccn2)cc(OC)cc1C(N)=O. The van der Waals surface area contributed by atoms with Gasteiger partial charge in [0.15, 0.2) is 0 Å². The molecule has 0 saturated heterocycles. The van der Waals surface area contributed by atoms with Gasteiger partial charge in [-0.25, -0.2) is 4.98 Å². The molecule has 0 aliphatic heterocycles. The van der Waals surface area contributed by atoms with Crippen LogP contribution in [0.3, 0.4) is 0 Å². The summed E-state index contributed by atoms with van der Waals surface area (Å²) < 4.78 is 27.7. The van der Waals surface area contributed by atoms with Crippen molar-refractivity contribution < 1.29 is 28.5 Å². The highest BCUT2D eigenvalue weighted by molar-refractivity contribution is 5.97. The van der Waals surface area contributed by atoms with Gasteiger partial charge in [0.25, 0.3) is 0 Å². The largest absolute Gasteiger partial charge is 0.497 e. The number of carbonyl (C=O) groups excluding carboxylic acids is 1. The molecule has 4 rings (SSSR count). The summed E-state index contributed by atoms with van der Waals surface area (Å²) in [6.45, 7) is 2.24. The average Bonchev–Trinajstić information content (AvgIpc) is 2.96. The molecule has 40 heavy (non-hydrogen) atoms. The molecule has 0 spiro atoms. The number of aromatic nitrogens is 1. The fourth-order valence-electron chi connectivity index (χ4n) is 4.19. The predicted molar refractivity (Wildman–Crippen MR) is 155 cm³/mol. The zero-order valence-corrected chi connectivity index (χ0v) is 22.6. The van der Waals surface area contributed by atoms with Gasteiger partial charge in [-0.2, -0.15) is 0 Å². The monoisotopic (exact) mass is 546 g/mol. The van der Waals surface area contributed by atoms with Gasteiger partial charge in [0.1, 0.15) is 23.1 Å². The van der Waals surface area contributed by atoms with E-state index in [9.17, 15) is 4.79 Å². The number of fused-ring (bicyclic) bond motifs is 1. The Kier molecular flexibility index (Phi) is 10.1. The van der Waals surface area contributed by atoms with Crippen LogP contribution in [0.5, 0.6) is 17.2 Å². The van der Waals surface area contributed by atoms with Crippen LogP contribution < -0.4 is 26.3 Å². The first-order valence-electron chi connectivity index (χ1n) is 12.8. The number of benzene rings is 3. The normalized spacial score (nSPS) is 10.9. The molecule has 0 radical (unpaired) electrons. The molecule has 0 fully saturated rings. The molecule has 0 atom stereocenters. The molecule has 10 nitrogen and oxygen atoms in total. The van der Waals surface area contributed by atoms with Crippen LogP contribution in [-0.4, -0.2) is 58.1 Å². The molecule has 4 aromatic rings. The zero-order chi connectivity index (χ0) is 28.3. The van der Waals surface area contributed by atoms with Gasteiger partial charge >= 0.3 is 0 Å². The lowest BCUT2D eigenvalue weighted by atomic mass is 10.0. The lowest BCUT2D eigenvalue weighted by molar-refractivity contribution is 0.0255. The number of nitrogens with one attached hydrogen (secondary N) is 1. The van der Waals surface area contributed by atoms with Crippen LogP contribution in [0.2, 0.25) is 0 Å². The lowest BCUT2D eigenvalue weighted by Gasteiger charge is -2.17. The quantitative estimate of drug-likeness (QED) is 0.143. The number of carbonyl (C=O) groups is 1. The number of pyridine rings is 1. The van der Waals surface area contributed by atoms with Crippen molar-refractivity contribution in [3.05, 3.63) is 78.0 Å². The summed E-state index contributed by atoms with van der Waals surface area (Å²) in [5.41, 5.74) is 14.2. The molecular weight excluding hydrogens is 512 g/mol. The van der Waals surface area contributed by atoms with Crippen LogP contribution in [0.15, 0.2) is 66.9 Å². The van der Waals surface area contributed by atoms with Gasteiger partial charge < -0.3 is 40.5 Å². The second kappa shape index (κ2) is 14.1. The smallest absolute Gasteiger partial charge is 0.249 e. The van der Waals surface area contributed by atoms with E-state index >= 15 is 0 Å². The fraction of sp³-hybridized carbons (Fsp3) is 0.267. The Labute approximate surface area is 233 Å². The maximum Gasteiger partial charge on any atom is 0.249 e. The maximum atomic E-state index is 12.3. The molecule has 210 valence electrons. The van der Waals surface area contributed by atoms with Crippen molar-refractivity contribution in [2.45, 2.75) is 6.42 Å². The number of hydrogen-bond acceptors (Lipinski definition) is 9. The van der Waals surface area contributed by atoms with E-state index in [1.807, 2.05) is 36.4 Å². The van der Waals surface area contributed by atoms with Gasteiger partial charge in [-0.15, -0.1) is 0 Å². The van der Waals surface area contributed by atoms with Crippen molar-refractivity contribution >= 4 is 33.9 Å². The van der Waals surface area contributed by atoms with Crippen molar-refractivity contribution in [3.8, 4) is 17.2 Å². The number of primary amides is 1. The van der Waals surface area contributed by atoms with Gasteiger partial charge in [-0.3, -0.25) is 4.79 Å². The van der Waals surface area contributed by atoms with Crippen LogP contribution in [0, 0.1) is 0 Å². The number of amides is 1. The molecule has 5 N–H and O–H groups in total. The van der Waals surface area contributed by atoms with E-state index in [1.165, 1.54) is 7.11 Å². The number of anilines is 3. The van der Waals surface area contributed by atoms with E-state index in [-0.39, 0.29) is 0 Å². The average molecular weight is 547 g/mol. The molecule has 0 bridgehead atoms. The number of ether oxygens (including phenoxy) is 5. The fourth-order valence-corrected chi connectivity index (χ4v) is 4.19. The molecule has 10 heteroatoms. The third-order valence-corrected chi connectivity index (χ3v) is 6.16. The molecule has 1 aromatic heterocycles. The summed E-state index contributed by atoms with van der Waals surface area (Å²) in [5.74, 6) is 1.66. The number of methoxy groups -OCH3 is 2. The van der Waals surface area contributed by atoms with E-state index in [2.05, 4.69) is 10.3 Å². The minimum absolute atomic E-state index is 0.336. The van der Waals surface area contributed by atoms with Crippen molar-refractivity contribution in [1.29, 1.82) is 0 Å². The molecular formula is C30H34N4O6. The van der Waals surface area contributed by atoms with Crippen molar-refractivity contribution in [2.24, 2.45) is 5.73 Å². The highest BCUT2D eigenvalue weighted by Crippen LogP contribution is 2.35. The second-order valence-corrected chi connectivity index (χ2v) is 8.84. The molecule has 0 aliphatic carbocycles. The lowest BCUT2D eigenvalue weighted by Crippen LogP contribution is -2.17. The number of rotatable bonds is 15. The highest BCUT2D eigenvalue weighted by Gasteiger charge is 2.17. The van der Waals surface area contributed by atoms with Crippen LogP contribution in [0.25, 0.3) is 10.8 Å². The molecule has 0 unspecified atom stereocenters. The van der Waals surface area contributed by atoms with E-state index in [1.54, 1.807) is 37.6 Å². The number of hydrogen-bond donors (Lipinski definition) is 3. The van der Waals surface area contributed by atoms with Gasteiger partial charge in [0.2, 0.25) is 5.91 Å². The number of nitrogens with zero attached hydrogens (tertiary/aromatic N) is 1. The van der Waals surface area contributed by atoms with Crippen LogP contribution in [-0.2, 0) is 20.6 Å². The standard InChI is InChI=1S/C30H34N4O6/c1-36-13-14-39-16-15-38-12-10-23-25(30(32)35)17-21(37-2)18-27(23)34-29-19-20(9-11-33-29)40-28-8-7-26(31)22-5-3-4-6-24(22)28/h3-9,11,17-19H,10,12-16,31H2,1-2H3,(H2,32,35)(H,33,34). The Hall–Kier alpha value is -4.38. The Morgan fingerprint density at radius 1 is 0.875 bits per heavy atom. The summed E-state index contributed by atoms with van der Waals surface area (Å²) >= 11 is 0. The molecule has 1 heterocycles. The first-order chi connectivity index (χ1) is 19.5.